The first-order valence-electron chi connectivity index (χ1n) is 7.44. The molecule has 0 aromatic carbocycles. The number of unbranched alkanes of at least 4 members (excludes halogenated alkanes) is 3. The van der Waals surface area contributed by atoms with Crippen molar-refractivity contribution < 1.29 is 4.74 Å². The molecule has 0 fully saturated rings. The number of pyridine rings is 1. The van der Waals surface area contributed by atoms with E-state index in [9.17, 15) is 0 Å². The highest BCUT2D eigenvalue weighted by molar-refractivity contribution is 9.10. The van der Waals surface area contributed by atoms with Crippen LogP contribution >= 0.6 is 15.9 Å². The third kappa shape index (κ3) is 7.25. The van der Waals surface area contributed by atoms with Gasteiger partial charge in [0.05, 0.1) is 6.61 Å². The van der Waals surface area contributed by atoms with Crippen molar-refractivity contribution in [2.24, 2.45) is 0 Å². The number of ether oxygens (including phenoxy) is 1. The van der Waals surface area contributed by atoms with Crippen molar-refractivity contribution in [3.63, 3.8) is 0 Å². The zero-order valence-corrected chi connectivity index (χ0v) is 14.7. The van der Waals surface area contributed by atoms with Crippen LogP contribution in [0.5, 0.6) is 5.88 Å². The molecule has 0 radical (unpaired) electrons. The first-order valence-corrected chi connectivity index (χ1v) is 8.24. The Bertz CT molecular complexity index is 402. The molecule has 0 amide bonds. The SMILES string of the molecule is CCCCCCOc1ncc(Br)cc1CNC(C)(C)C. The molecule has 114 valence electrons. The standard InChI is InChI=1S/C16H27BrN2O/c1-5-6-7-8-9-20-15-13(10-14(17)12-18-15)11-19-16(2,3)4/h10,12,19H,5-9,11H2,1-4H3. The first-order chi connectivity index (χ1) is 9.42. The average Bonchev–Trinajstić information content (AvgIpc) is 2.37. The molecule has 1 heterocycles. The lowest BCUT2D eigenvalue weighted by Crippen LogP contribution is -2.35. The maximum atomic E-state index is 5.83. The third-order valence-corrected chi connectivity index (χ3v) is 3.37. The fourth-order valence-electron chi connectivity index (χ4n) is 1.78. The van der Waals surface area contributed by atoms with E-state index in [-0.39, 0.29) is 5.54 Å². The van der Waals surface area contributed by atoms with E-state index >= 15 is 0 Å². The Morgan fingerprint density at radius 3 is 2.65 bits per heavy atom. The highest BCUT2D eigenvalue weighted by atomic mass is 79.9. The molecule has 20 heavy (non-hydrogen) atoms. The highest BCUT2D eigenvalue weighted by Gasteiger charge is 2.12. The van der Waals surface area contributed by atoms with E-state index in [1.807, 2.05) is 0 Å². The van der Waals surface area contributed by atoms with Crippen molar-refractivity contribution in [3.8, 4) is 5.88 Å². The molecule has 0 aliphatic rings. The predicted molar refractivity (Wildman–Crippen MR) is 88.2 cm³/mol. The zero-order chi connectivity index (χ0) is 15.0. The minimum atomic E-state index is 0.0840. The summed E-state index contributed by atoms with van der Waals surface area (Å²) >= 11 is 3.47. The van der Waals surface area contributed by atoms with Gasteiger partial charge in [-0.25, -0.2) is 4.98 Å². The lowest BCUT2D eigenvalue weighted by molar-refractivity contribution is 0.288. The van der Waals surface area contributed by atoms with E-state index in [2.05, 4.69) is 60.0 Å². The minimum absolute atomic E-state index is 0.0840. The topological polar surface area (TPSA) is 34.1 Å². The molecule has 0 unspecified atom stereocenters. The maximum absolute atomic E-state index is 5.83. The maximum Gasteiger partial charge on any atom is 0.217 e. The van der Waals surface area contributed by atoms with E-state index in [1.165, 1.54) is 19.3 Å². The van der Waals surface area contributed by atoms with Crippen molar-refractivity contribution in [3.05, 3.63) is 22.3 Å². The van der Waals surface area contributed by atoms with Crippen LogP contribution in [0.1, 0.15) is 58.9 Å². The molecule has 1 rings (SSSR count). The van der Waals surface area contributed by atoms with Crippen LogP contribution in [0.4, 0.5) is 0 Å². The van der Waals surface area contributed by atoms with Gasteiger partial charge in [-0.2, -0.15) is 0 Å². The fourth-order valence-corrected chi connectivity index (χ4v) is 2.16. The molecule has 0 saturated heterocycles. The molecule has 1 N–H and O–H groups in total. The summed E-state index contributed by atoms with van der Waals surface area (Å²) in [6.45, 7) is 10.2. The fraction of sp³-hybridized carbons (Fsp3) is 0.688. The molecule has 3 nitrogen and oxygen atoms in total. The van der Waals surface area contributed by atoms with E-state index < -0.39 is 0 Å². The van der Waals surface area contributed by atoms with Crippen LogP contribution < -0.4 is 10.1 Å². The molecular formula is C16H27BrN2O. The summed E-state index contributed by atoms with van der Waals surface area (Å²) in [6, 6.07) is 2.08. The summed E-state index contributed by atoms with van der Waals surface area (Å²) in [7, 11) is 0. The normalized spacial score (nSPS) is 11.7. The van der Waals surface area contributed by atoms with Gasteiger partial charge in [-0.3, -0.25) is 0 Å². The Morgan fingerprint density at radius 2 is 2.00 bits per heavy atom. The molecule has 0 saturated carbocycles. The van der Waals surface area contributed by atoms with Gasteiger partial charge in [0.2, 0.25) is 5.88 Å². The number of aromatic nitrogens is 1. The zero-order valence-electron chi connectivity index (χ0n) is 13.1. The summed E-state index contributed by atoms with van der Waals surface area (Å²) < 4.78 is 6.82. The molecular weight excluding hydrogens is 316 g/mol. The Labute approximate surface area is 131 Å². The van der Waals surface area contributed by atoms with Gasteiger partial charge in [-0.1, -0.05) is 26.2 Å². The molecule has 0 bridgehead atoms. The summed E-state index contributed by atoms with van der Waals surface area (Å²) in [6.07, 6.45) is 6.63. The Kier molecular flexibility index (Phi) is 7.52. The van der Waals surface area contributed by atoms with Crippen molar-refractivity contribution >= 4 is 15.9 Å². The van der Waals surface area contributed by atoms with Crippen LogP contribution in [-0.4, -0.2) is 17.1 Å². The van der Waals surface area contributed by atoms with Crippen LogP contribution in [0.3, 0.4) is 0 Å². The van der Waals surface area contributed by atoms with Gasteiger partial charge in [0, 0.05) is 28.3 Å². The van der Waals surface area contributed by atoms with E-state index in [1.54, 1.807) is 6.20 Å². The summed E-state index contributed by atoms with van der Waals surface area (Å²) in [5.74, 6) is 0.751. The molecule has 0 aliphatic heterocycles. The predicted octanol–water partition coefficient (Wildman–Crippen LogP) is 4.69. The van der Waals surface area contributed by atoms with Gasteiger partial charge in [0.1, 0.15) is 0 Å². The average molecular weight is 343 g/mol. The number of hydrogen-bond acceptors (Lipinski definition) is 3. The smallest absolute Gasteiger partial charge is 0.217 e. The Balaban J connectivity index is 2.56. The number of rotatable bonds is 8. The van der Waals surface area contributed by atoms with Crippen molar-refractivity contribution in [1.29, 1.82) is 0 Å². The monoisotopic (exact) mass is 342 g/mol. The lowest BCUT2D eigenvalue weighted by atomic mass is 10.1. The molecule has 0 atom stereocenters. The van der Waals surface area contributed by atoms with E-state index in [4.69, 9.17) is 4.74 Å². The lowest BCUT2D eigenvalue weighted by Gasteiger charge is -2.21. The number of nitrogens with one attached hydrogen (secondary N) is 1. The quantitative estimate of drug-likeness (QED) is 0.695. The van der Waals surface area contributed by atoms with Gasteiger partial charge in [-0.15, -0.1) is 0 Å². The number of nitrogens with zero attached hydrogens (tertiary/aromatic N) is 1. The van der Waals surface area contributed by atoms with E-state index in [0.29, 0.717) is 0 Å². The summed E-state index contributed by atoms with van der Waals surface area (Å²) in [4.78, 5) is 4.39. The van der Waals surface area contributed by atoms with Crippen molar-refractivity contribution in [2.45, 2.75) is 65.5 Å². The number of hydrogen-bond donors (Lipinski definition) is 1. The van der Waals surface area contributed by atoms with Crippen LogP contribution in [0.25, 0.3) is 0 Å². The molecule has 1 aromatic heterocycles. The second kappa shape index (κ2) is 8.63. The Morgan fingerprint density at radius 1 is 1.25 bits per heavy atom. The van der Waals surface area contributed by atoms with Gasteiger partial charge in [-0.05, 0) is 49.2 Å². The van der Waals surface area contributed by atoms with Gasteiger partial charge in [0.15, 0.2) is 0 Å². The molecule has 1 aromatic rings. The second-order valence-electron chi connectivity index (χ2n) is 6.13. The van der Waals surface area contributed by atoms with Crippen molar-refractivity contribution in [2.75, 3.05) is 6.61 Å². The Hall–Kier alpha value is -0.610. The highest BCUT2D eigenvalue weighted by Crippen LogP contribution is 2.21. The summed E-state index contributed by atoms with van der Waals surface area (Å²) in [5.41, 5.74) is 1.19. The molecule has 4 heteroatoms. The van der Waals surface area contributed by atoms with Crippen LogP contribution in [0.2, 0.25) is 0 Å². The van der Waals surface area contributed by atoms with E-state index in [0.717, 1.165) is 35.5 Å². The number of halogens is 1. The second-order valence-corrected chi connectivity index (χ2v) is 7.05. The van der Waals surface area contributed by atoms with Crippen molar-refractivity contribution in [1.82, 2.24) is 10.3 Å². The van der Waals surface area contributed by atoms with Gasteiger partial charge < -0.3 is 10.1 Å². The van der Waals surface area contributed by atoms with Crippen LogP contribution in [0.15, 0.2) is 16.7 Å². The summed E-state index contributed by atoms with van der Waals surface area (Å²) in [5, 5.41) is 3.48. The molecule has 0 spiro atoms. The third-order valence-electron chi connectivity index (χ3n) is 2.94. The first kappa shape index (κ1) is 17.4. The molecule has 0 aliphatic carbocycles. The largest absolute Gasteiger partial charge is 0.477 e. The minimum Gasteiger partial charge on any atom is -0.477 e. The van der Waals surface area contributed by atoms with Gasteiger partial charge in [0.25, 0.3) is 0 Å². The van der Waals surface area contributed by atoms with Gasteiger partial charge >= 0.3 is 0 Å². The van der Waals surface area contributed by atoms with Crippen LogP contribution in [0, 0.1) is 0 Å². The van der Waals surface area contributed by atoms with Crippen LogP contribution in [-0.2, 0) is 6.54 Å².